The van der Waals surface area contributed by atoms with E-state index in [1.165, 1.54) is 0 Å². The van der Waals surface area contributed by atoms with Crippen molar-refractivity contribution in [3.8, 4) is 0 Å². The summed E-state index contributed by atoms with van der Waals surface area (Å²) in [5.41, 5.74) is 11.8. The first-order valence-electron chi connectivity index (χ1n) is 3.52. The van der Waals surface area contributed by atoms with Crippen molar-refractivity contribution in [3.63, 3.8) is 0 Å². The van der Waals surface area contributed by atoms with Gasteiger partial charge < -0.3 is 21.7 Å². The molecule has 1 aromatic carbocycles. The van der Waals surface area contributed by atoms with E-state index in [2.05, 4.69) is 0 Å². The molecule has 1 aromatic rings. The molecule has 0 bridgehead atoms. The molecule has 0 fully saturated rings. The molecule has 72 valence electrons. The molecule has 0 aliphatic rings. The van der Waals surface area contributed by atoms with Gasteiger partial charge in [-0.25, -0.2) is 4.79 Å². The second kappa shape index (κ2) is 5.99. The molecule has 0 aromatic heterocycles. The first-order valence-corrected chi connectivity index (χ1v) is 3.52. The van der Waals surface area contributed by atoms with Crippen molar-refractivity contribution in [2.45, 2.75) is 6.17 Å². The highest BCUT2D eigenvalue weighted by Crippen LogP contribution is 2.01. The Kier molecular flexibility index (Phi) is 5.25. The Bertz CT molecular complexity index is 245. The number of carboxylic acid groups (broad SMARTS) is 2. The van der Waals surface area contributed by atoms with Crippen LogP contribution < -0.4 is 11.5 Å². The van der Waals surface area contributed by atoms with E-state index in [4.69, 9.17) is 26.5 Å². The number of carbonyl (C=O) groups is 1. The number of rotatable bonds is 1. The van der Waals surface area contributed by atoms with Crippen LogP contribution in [0.25, 0.3) is 0 Å². The molecule has 0 saturated heterocycles. The minimum atomic E-state index is -1.83. The molecule has 0 heterocycles. The lowest BCUT2D eigenvalue weighted by Crippen LogP contribution is -2.19. The molecule has 0 spiro atoms. The van der Waals surface area contributed by atoms with Crippen LogP contribution >= 0.6 is 0 Å². The zero-order valence-corrected chi connectivity index (χ0v) is 6.92. The molecule has 0 aliphatic heterocycles. The van der Waals surface area contributed by atoms with Gasteiger partial charge in [0.25, 0.3) is 0 Å². The maximum atomic E-state index is 8.56. The van der Waals surface area contributed by atoms with Gasteiger partial charge >= 0.3 is 6.16 Å². The monoisotopic (exact) mass is 184 g/mol. The molecule has 0 saturated carbocycles. The van der Waals surface area contributed by atoms with Gasteiger partial charge in [0.1, 0.15) is 0 Å². The Morgan fingerprint density at radius 3 is 1.77 bits per heavy atom. The Balaban J connectivity index is 0.000000310. The van der Waals surface area contributed by atoms with Crippen molar-refractivity contribution in [2.75, 3.05) is 0 Å². The van der Waals surface area contributed by atoms with Crippen molar-refractivity contribution >= 4 is 6.16 Å². The van der Waals surface area contributed by atoms with Gasteiger partial charge in [-0.2, -0.15) is 0 Å². The van der Waals surface area contributed by atoms with Gasteiger partial charge in [0.2, 0.25) is 0 Å². The molecular weight excluding hydrogens is 172 g/mol. The predicted octanol–water partition coefficient (Wildman–Crippen LogP) is 0.825. The molecule has 1 rings (SSSR count). The fraction of sp³-hybridized carbons (Fsp3) is 0.125. The fourth-order valence-corrected chi connectivity index (χ4v) is 0.675. The van der Waals surface area contributed by atoms with Gasteiger partial charge in [-0.05, 0) is 5.56 Å². The third kappa shape index (κ3) is 6.79. The average Bonchev–Trinajstić information content (AvgIpc) is 2.05. The van der Waals surface area contributed by atoms with Gasteiger partial charge in [0.15, 0.2) is 0 Å². The fourth-order valence-electron chi connectivity index (χ4n) is 0.675. The van der Waals surface area contributed by atoms with E-state index in [-0.39, 0.29) is 6.17 Å². The van der Waals surface area contributed by atoms with Crippen LogP contribution in [0.4, 0.5) is 4.79 Å². The Morgan fingerprint density at radius 2 is 1.54 bits per heavy atom. The number of benzene rings is 1. The largest absolute Gasteiger partial charge is 0.503 e. The van der Waals surface area contributed by atoms with Crippen molar-refractivity contribution in [1.29, 1.82) is 0 Å². The second-order valence-electron chi connectivity index (χ2n) is 2.22. The standard InChI is InChI=1S/C7H10N2.CH2O3/c8-7(9)6-4-2-1-3-5-6;2-1(3)4/h1-5,7H,8-9H2;(H2,2,3,4). The molecule has 0 atom stereocenters. The van der Waals surface area contributed by atoms with E-state index in [0.29, 0.717) is 0 Å². The van der Waals surface area contributed by atoms with Crippen molar-refractivity contribution in [1.82, 2.24) is 0 Å². The molecule has 13 heavy (non-hydrogen) atoms. The van der Waals surface area contributed by atoms with Crippen LogP contribution in [0.5, 0.6) is 0 Å². The maximum absolute atomic E-state index is 8.56. The van der Waals surface area contributed by atoms with Gasteiger partial charge in [-0.3, -0.25) is 0 Å². The quantitative estimate of drug-likeness (QED) is 0.483. The summed E-state index contributed by atoms with van der Waals surface area (Å²) < 4.78 is 0. The van der Waals surface area contributed by atoms with Crippen LogP contribution in [-0.2, 0) is 0 Å². The average molecular weight is 184 g/mol. The molecule has 0 radical (unpaired) electrons. The maximum Gasteiger partial charge on any atom is 0.503 e. The predicted molar refractivity (Wildman–Crippen MR) is 48.2 cm³/mol. The summed E-state index contributed by atoms with van der Waals surface area (Å²) >= 11 is 0. The van der Waals surface area contributed by atoms with E-state index in [1.807, 2.05) is 30.3 Å². The second-order valence-corrected chi connectivity index (χ2v) is 2.22. The topological polar surface area (TPSA) is 110 Å². The summed E-state index contributed by atoms with van der Waals surface area (Å²) in [6, 6.07) is 9.59. The summed E-state index contributed by atoms with van der Waals surface area (Å²) in [5.74, 6) is 0. The Morgan fingerprint density at radius 1 is 1.15 bits per heavy atom. The van der Waals surface area contributed by atoms with Crippen molar-refractivity contribution in [2.24, 2.45) is 11.5 Å². The van der Waals surface area contributed by atoms with Crippen LogP contribution in [0.1, 0.15) is 11.7 Å². The highest BCUT2D eigenvalue weighted by atomic mass is 16.6. The zero-order valence-electron chi connectivity index (χ0n) is 6.92. The minimum Gasteiger partial charge on any atom is -0.450 e. The van der Waals surface area contributed by atoms with E-state index < -0.39 is 6.16 Å². The SMILES string of the molecule is NC(N)c1ccccc1.O=C(O)O. The normalized spacial score (nSPS) is 8.85. The molecule has 0 amide bonds. The zero-order chi connectivity index (χ0) is 10.3. The summed E-state index contributed by atoms with van der Waals surface area (Å²) in [6.45, 7) is 0. The lowest BCUT2D eigenvalue weighted by molar-refractivity contribution is 0.137. The van der Waals surface area contributed by atoms with E-state index in [1.54, 1.807) is 0 Å². The summed E-state index contributed by atoms with van der Waals surface area (Å²) in [5, 5.41) is 13.9. The van der Waals surface area contributed by atoms with E-state index in [9.17, 15) is 0 Å². The molecule has 0 unspecified atom stereocenters. The lowest BCUT2D eigenvalue weighted by atomic mass is 10.2. The first kappa shape index (κ1) is 11.4. The number of hydrogen-bond donors (Lipinski definition) is 4. The summed E-state index contributed by atoms with van der Waals surface area (Å²) in [6.07, 6.45) is -2.17. The number of nitrogens with two attached hydrogens (primary N) is 2. The van der Waals surface area contributed by atoms with Gasteiger partial charge in [-0.15, -0.1) is 0 Å². The van der Waals surface area contributed by atoms with Crippen molar-refractivity contribution in [3.05, 3.63) is 35.9 Å². The smallest absolute Gasteiger partial charge is 0.450 e. The van der Waals surface area contributed by atoms with Crippen LogP contribution in [0.2, 0.25) is 0 Å². The third-order valence-electron chi connectivity index (χ3n) is 1.18. The molecule has 5 heteroatoms. The summed E-state index contributed by atoms with van der Waals surface area (Å²) in [7, 11) is 0. The van der Waals surface area contributed by atoms with Crippen LogP contribution in [0.3, 0.4) is 0 Å². The van der Waals surface area contributed by atoms with Crippen LogP contribution in [0, 0.1) is 0 Å². The lowest BCUT2D eigenvalue weighted by Gasteiger charge is -2.02. The molecular formula is C8H12N2O3. The van der Waals surface area contributed by atoms with Crippen LogP contribution in [-0.4, -0.2) is 16.4 Å². The molecule has 0 aliphatic carbocycles. The molecule has 5 nitrogen and oxygen atoms in total. The summed E-state index contributed by atoms with van der Waals surface area (Å²) in [4.78, 5) is 8.56. The van der Waals surface area contributed by atoms with E-state index >= 15 is 0 Å². The third-order valence-corrected chi connectivity index (χ3v) is 1.18. The Hall–Kier alpha value is -1.59. The molecule has 6 N–H and O–H groups in total. The Labute approximate surface area is 75.6 Å². The highest BCUT2D eigenvalue weighted by Gasteiger charge is 1.93. The van der Waals surface area contributed by atoms with Crippen molar-refractivity contribution < 1.29 is 15.0 Å². The number of hydrogen-bond acceptors (Lipinski definition) is 3. The van der Waals surface area contributed by atoms with E-state index in [0.717, 1.165) is 5.56 Å². The first-order chi connectivity index (χ1) is 6.04. The van der Waals surface area contributed by atoms with Gasteiger partial charge in [-0.1, -0.05) is 30.3 Å². The van der Waals surface area contributed by atoms with Gasteiger partial charge in [0, 0.05) is 0 Å². The van der Waals surface area contributed by atoms with Crippen LogP contribution in [0.15, 0.2) is 30.3 Å². The highest BCUT2D eigenvalue weighted by molar-refractivity contribution is 5.53. The van der Waals surface area contributed by atoms with Gasteiger partial charge in [0.05, 0.1) is 6.17 Å². The minimum absolute atomic E-state index is 0.341.